The van der Waals surface area contributed by atoms with Gasteiger partial charge in [-0.15, -0.1) is 0 Å². The van der Waals surface area contributed by atoms with Gasteiger partial charge in [0.05, 0.1) is 25.5 Å². The number of rotatable bonds is 7. The van der Waals surface area contributed by atoms with E-state index in [0.717, 1.165) is 5.69 Å². The number of amidine groups is 1. The lowest BCUT2D eigenvalue weighted by Crippen LogP contribution is -2.33. The number of anilines is 1. The van der Waals surface area contributed by atoms with Gasteiger partial charge in [-0.05, 0) is 12.1 Å². The predicted octanol–water partition coefficient (Wildman–Crippen LogP) is 0.423. The van der Waals surface area contributed by atoms with Crippen molar-refractivity contribution < 1.29 is 14.6 Å². The Morgan fingerprint density at radius 3 is 2.68 bits per heavy atom. The number of likely N-dealkylation sites (N-methyl/N-ethyl adjacent to an activating group) is 1. The van der Waals surface area contributed by atoms with Crippen LogP contribution in [0.4, 0.5) is 5.69 Å². The van der Waals surface area contributed by atoms with Crippen molar-refractivity contribution in [2.45, 2.75) is 6.10 Å². The predicted molar refractivity (Wildman–Crippen MR) is 75.2 cm³/mol. The van der Waals surface area contributed by atoms with Crippen molar-refractivity contribution in [2.75, 3.05) is 39.3 Å². The highest BCUT2D eigenvalue weighted by atomic mass is 16.5. The molecule has 0 amide bonds. The summed E-state index contributed by atoms with van der Waals surface area (Å²) in [5.74, 6) is 0.652. The summed E-state index contributed by atoms with van der Waals surface area (Å²) >= 11 is 0. The van der Waals surface area contributed by atoms with Crippen LogP contribution in [0.5, 0.6) is 5.75 Å². The number of nitrogens with one attached hydrogen (secondary N) is 1. The van der Waals surface area contributed by atoms with E-state index in [1.54, 1.807) is 25.3 Å². The Bertz CT molecular complexity index is 437. The van der Waals surface area contributed by atoms with Gasteiger partial charge in [0, 0.05) is 32.3 Å². The molecule has 0 aliphatic carbocycles. The number of methoxy groups -OCH3 is 2. The number of nitrogens with zero attached hydrogens (tertiary/aromatic N) is 1. The quantitative estimate of drug-likeness (QED) is 0.492. The molecule has 19 heavy (non-hydrogen) atoms. The van der Waals surface area contributed by atoms with Crippen molar-refractivity contribution in [2.24, 2.45) is 5.73 Å². The van der Waals surface area contributed by atoms with E-state index in [1.165, 1.54) is 7.11 Å². The highest BCUT2D eigenvalue weighted by Crippen LogP contribution is 2.25. The molecule has 0 radical (unpaired) electrons. The summed E-state index contributed by atoms with van der Waals surface area (Å²) in [7, 11) is 4.93. The van der Waals surface area contributed by atoms with Gasteiger partial charge in [-0.3, -0.25) is 5.41 Å². The molecule has 106 valence electrons. The molecular formula is C13H21N3O3. The van der Waals surface area contributed by atoms with Gasteiger partial charge >= 0.3 is 0 Å². The highest BCUT2D eigenvalue weighted by molar-refractivity contribution is 6.00. The van der Waals surface area contributed by atoms with Crippen LogP contribution in [0, 0.1) is 5.41 Å². The van der Waals surface area contributed by atoms with E-state index in [2.05, 4.69) is 0 Å². The fraction of sp³-hybridized carbons (Fsp3) is 0.462. The van der Waals surface area contributed by atoms with Crippen molar-refractivity contribution in [3.63, 3.8) is 0 Å². The largest absolute Gasteiger partial charge is 0.497 e. The van der Waals surface area contributed by atoms with Gasteiger partial charge in [0.2, 0.25) is 0 Å². The number of aliphatic hydroxyl groups is 1. The lowest BCUT2D eigenvalue weighted by atomic mass is 10.1. The summed E-state index contributed by atoms with van der Waals surface area (Å²) in [6.07, 6.45) is -0.610. The topological polar surface area (TPSA) is 91.8 Å². The van der Waals surface area contributed by atoms with Gasteiger partial charge in [0.25, 0.3) is 0 Å². The second-order valence-electron chi connectivity index (χ2n) is 4.29. The van der Waals surface area contributed by atoms with Crippen molar-refractivity contribution in [3.05, 3.63) is 23.8 Å². The molecule has 1 unspecified atom stereocenters. The molecule has 1 aromatic carbocycles. The van der Waals surface area contributed by atoms with Crippen LogP contribution in [0.3, 0.4) is 0 Å². The SMILES string of the molecule is COCC(O)CN(C)c1cc(OC)ccc1C(=N)N. The number of hydrogen-bond acceptors (Lipinski definition) is 5. The number of nitrogens with two attached hydrogens (primary N) is 1. The van der Waals surface area contributed by atoms with E-state index in [1.807, 2.05) is 11.9 Å². The summed E-state index contributed by atoms with van der Waals surface area (Å²) in [4.78, 5) is 1.82. The third kappa shape index (κ3) is 4.11. The molecule has 0 heterocycles. The minimum atomic E-state index is -0.610. The van der Waals surface area contributed by atoms with Gasteiger partial charge in [-0.25, -0.2) is 0 Å². The first-order valence-corrected chi connectivity index (χ1v) is 5.90. The summed E-state index contributed by atoms with van der Waals surface area (Å²) < 4.78 is 10.1. The van der Waals surface area contributed by atoms with E-state index >= 15 is 0 Å². The average molecular weight is 267 g/mol. The Balaban J connectivity index is 2.98. The van der Waals surface area contributed by atoms with Crippen LogP contribution in [-0.4, -0.2) is 51.5 Å². The van der Waals surface area contributed by atoms with Crippen molar-refractivity contribution in [1.82, 2.24) is 0 Å². The average Bonchev–Trinajstić information content (AvgIpc) is 2.37. The standard InChI is InChI=1S/C13H21N3O3/c1-16(7-9(17)8-18-2)12-6-10(19-3)4-5-11(12)13(14)15/h4-6,9,17H,7-8H2,1-3H3,(H3,14,15). The Morgan fingerprint density at radius 1 is 1.47 bits per heavy atom. The second kappa shape index (κ2) is 6.96. The van der Waals surface area contributed by atoms with E-state index in [9.17, 15) is 5.11 Å². The van der Waals surface area contributed by atoms with Crippen molar-refractivity contribution >= 4 is 11.5 Å². The van der Waals surface area contributed by atoms with Crippen LogP contribution in [0.1, 0.15) is 5.56 Å². The lowest BCUT2D eigenvalue weighted by molar-refractivity contribution is 0.0695. The number of hydrogen-bond donors (Lipinski definition) is 3. The molecule has 0 aliphatic rings. The third-order valence-electron chi connectivity index (χ3n) is 2.75. The molecule has 0 fully saturated rings. The van der Waals surface area contributed by atoms with Crippen LogP contribution in [0.2, 0.25) is 0 Å². The molecular weight excluding hydrogens is 246 g/mol. The summed E-state index contributed by atoms with van der Waals surface area (Å²) in [6, 6.07) is 5.27. The Kier molecular flexibility index (Phi) is 5.59. The van der Waals surface area contributed by atoms with Crippen molar-refractivity contribution in [1.29, 1.82) is 5.41 Å². The Hall–Kier alpha value is -1.79. The van der Waals surface area contributed by atoms with Crippen LogP contribution >= 0.6 is 0 Å². The first-order chi connectivity index (χ1) is 8.99. The molecule has 4 N–H and O–H groups in total. The van der Waals surface area contributed by atoms with Gasteiger partial charge < -0.3 is 25.2 Å². The molecule has 6 heteroatoms. The molecule has 0 spiro atoms. The molecule has 1 aromatic rings. The monoisotopic (exact) mass is 267 g/mol. The van der Waals surface area contributed by atoms with E-state index < -0.39 is 6.10 Å². The van der Waals surface area contributed by atoms with Crippen LogP contribution < -0.4 is 15.4 Å². The van der Waals surface area contributed by atoms with Crippen LogP contribution in [-0.2, 0) is 4.74 Å². The Morgan fingerprint density at radius 2 is 2.16 bits per heavy atom. The zero-order valence-electron chi connectivity index (χ0n) is 11.5. The first-order valence-electron chi connectivity index (χ1n) is 5.90. The van der Waals surface area contributed by atoms with Crippen molar-refractivity contribution in [3.8, 4) is 5.75 Å². The molecule has 0 saturated heterocycles. The smallest absolute Gasteiger partial charge is 0.124 e. The fourth-order valence-corrected chi connectivity index (χ4v) is 1.84. The van der Waals surface area contributed by atoms with Gasteiger partial charge in [0.1, 0.15) is 11.6 Å². The minimum Gasteiger partial charge on any atom is -0.497 e. The number of nitrogen functional groups attached to an aromatic ring is 1. The number of benzene rings is 1. The summed E-state index contributed by atoms with van der Waals surface area (Å²) in [5, 5.41) is 17.3. The maximum absolute atomic E-state index is 9.75. The molecule has 1 atom stereocenters. The van der Waals surface area contributed by atoms with Crippen LogP contribution in [0.25, 0.3) is 0 Å². The van der Waals surface area contributed by atoms with E-state index in [4.69, 9.17) is 20.6 Å². The number of ether oxygens (including phenoxy) is 2. The minimum absolute atomic E-state index is 0.0225. The molecule has 0 bridgehead atoms. The highest BCUT2D eigenvalue weighted by Gasteiger charge is 2.14. The van der Waals surface area contributed by atoms with E-state index in [-0.39, 0.29) is 12.4 Å². The normalized spacial score (nSPS) is 12.0. The molecule has 0 aromatic heterocycles. The summed E-state index contributed by atoms with van der Waals surface area (Å²) in [6.45, 7) is 0.630. The van der Waals surface area contributed by atoms with Gasteiger partial charge in [-0.1, -0.05) is 0 Å². The summed E-state index contributed by atoms with van der Waals surface area (Å²) in [5.41, 5.74) is 6.90. The zero-order chi connectivity index (χ0) is 14.4. The number of aliphatic hydroxyl groups excluding tert-OH is 1. The lowest BCUT2D eigenvalue weighted by Gasteiger charge is -2.25. The third-order valence-corrected chi connectivity index (χ3v) is 2.75. The first kappa shape index (κ1) is 15.3. The van der Waals surface area contributed by atoms with E-state index in [0.29, 0.717) is 17.9 Å². The Labute approximate surface area is 113 Å². The molecule has 6 nitrogen and oxygen atoms in total. The fourth-order valence-electron chi connectivity index (χ4n) is 1.84. The second-order valence-corrected chi connectivity index (χ2v) is 4.29. The van der Waals surface area contributed by atoms with Crippen LogP contribution in [0.15, 0.2) is 18.2 Å². The maximum atomic E-state index is 9.75. The zero-order valence-corrected chi connectivity index (χ0v) is 11.5. The molecule has 0 saturated carbocycles. The maximum Gasteiger partial charge on any atom is 0.124 e. The van der Waals surface area contributed by atoms with Gasteiger partial charge in [0.15, 0.2) is 0 Å². The van der Waals surface area contributed by atoms with Gasteiger partial charge in [-0.2, -0.15) is 0 Å². The molecule has 1 rings (SSSR count). The molecule has 0 aliphatic heterocycles.